The van der Waals surface area contributed by atoms with Crippen molar-refractivity contribution in [2.45, 2.75) is 6.42 Å². The van der Waals surface area contributed by atoms with Crippen LogP contribution in [0.1, 0.15) is 5.56 Å². The van der Waals surface area contributed by atoms with Crippen LogP contribution in [0, 0.1) is 6.92 Å². The average molecular weight is 195 g/mol. The van der Waals surface area contributed by atoms with Crippen molar-refractivity contribution in [1.82, 2.24) is 0 Å². The third kappa shape index (κ3) is 1.76. The lowest BCUT2D eigenvalue weighted by atomic mass is 10.1. The van der Waals surface area contributed by atoms with Gasteiger partial charge in [-0.2, -0.15) is 0 Å². The standard InChI is InChI=1S/C11H15O3/c1-5-8-9(12-2)6-7-10(13-3)11(8)14-4/h6-7H,1,5H2,2-4H3. The number of rotatable bonds is 4. The summed E-state index contributed by atoms with van der Waals surface area (Å²) in [6, 6.07) is 3.67. The molecule has 0 amide bonds. The predicted octanol–water partition coefficient (Wildman–Crippen LogP) is 2.09. The van der Waals surface area contributed by atoms with Gasteiger partial charge >= 0.3 is 0 Å². The topological polar surface area (TPSA) is 27.7 Å². The normalized spacial score (nSPS) is 9.71. The van der Waals surface area contributed by atoms with Crippen molar-refractivity contribution in [3.05, 3.63) is 24.6 Å². The van der Waals surface area contributed by atoms with Gasteiger partial charge in [-0.05, 0) is 25.5 Å². The van der Waals surface area contributed by atoms with Crippen LogP contribution in [0.25, 0.3) is 0 Å². The molecule has 1 rings (SSSR count). The van der Waals surface area contributed by atoms with Crippen LogP contribution in [0.2, 0.25) is 0 Å². The molecule has 0 fully saturated rings. The lowest BCUT2D eigenvalue weighted by Gasteiger charge is -2.14. The van der Waals surface area contributed by atoms with Crippen molar-refractivity contribution in [1.29, 1.82) is 0 Å². The van der Waals surface area contributed by atoms with Gasteiger partial charge in [0, 0.05) is 5.56 Å². The Labute approximate surface area is 84.6 Å². The molecule has 1 radical (unpaired) electrons. The van der Waals surface area contributed by atoms with Gasteiger partial charge in [-0.3, -0.25) is 0 Å². The minimum atomic E-state index is 0.601. The molecule has 0 unspecified atom stereocenters. The maximum absolute atomic E-state index is 5.26. The Bertz CT molecular complexity index is 277. The molecule has 0 aromatic heterocycles. The molecular formula is C11H15O3. The molecule has 14 heavy (non-hydrogen) atoms. The number of hydrogen-bond acceptors (Lipinski definition) is 3. The van der Waals surface area contributed by atoms with Crippen molar-refractivity contribution < 1.29 is 14.2 Å². The third-order valence-corrected chi connectivity index (χ3v) is 2.08. The highest BCUT2D eigenvalue weighted by atomic mass is 16.5. The third-order valence-electron chi connectivity index (χ3n) is 2.08. The fourth-order valence-electron chi connectivity index (χ4n) is 1.40. The number of benzene rings is 1. The smallest absolute Gasteiger partial charge is 0.167 e. The highest BCUT2D eigenvalue weighted by molar-refractivity contribution is 5.54. The van der Waals surface area contributed by atoms with E-state index in [1.807, 2.05) is 12.1 Å². The van der Waals surface area contributed by atoms with Crippen LogP contribution in [0.5, 0.6) is 17.2 Å². The molecule has 0 spiro atoms. The largest absolute Gasteiger partial charge is 0.496 e. The zero-order valence-corrected chi connectivity index (χ0v) is 8.79. The predicted molar refractivity (Wildman–Crippen MR) is 55.2 cm³/mol. The van der Waals surface area contributed by atoms with Gasteiger partial charge in [0.1, 0.15) is 5.75 Å². The summed E-state index contributed by atoms with van der Waals surface area (Å²) in [6.07, 6.45) is 0.601. The number of ether oxygens (including phenoxy) is 3. The van der Waals surface area contributed by atoms with Gasteiger partial charge in [0.15, 0.2) is 11.5 Å². The monoisotopic (exact) mass is 195 g/mol. The van der Waals surface area contributed by atoms with Crippen molar-refractivity contribution in [3.8, 4) is 17.2 Å². The molecule has 1 aromatic rings. The minimum absolute atomic E-state index is 0.601. The molecule has 0 heterocycles. The zero-order valence-electron chi connectivity index (χ0n) is 8.79. The molecule has 0 saturated heterocycles. The number of methoxy groups -OCH3 is 3. The van der Waals surface area contributed by atoms with Crippen LogP contribution in [0.15, 0.2) is 12.1 Å². The summed E-state index contributed by atoms with van der Waals surface area (Å²) in [4.78, 5) is 0. The van der Waals surface area contributed by atoms with Gasteiger partial charge in [-0.25, -0.2) is 0 Å². The first kappa shape index (κ1) is 10.7. The Morgan fingerprint density at radius 2 is 1.57 bits per heavy atom. The quantitative estimate of drug-likeness (QED) is 0.736. The van der Waals surface area contributed by atoms with Crippen molar-refractivity contribution in [3.63, 3.8) is 0 Å². The second-order valence-electron chi connectivity index (χ2n) is 2.73. The van der Waals surface area contributed by atoms with Crippen LogP contribution >= 0.6 is 0 Å². The van der Waals surface area contributed by atoms with Crippen molar-refractivity contribution in [2.24, 2.45) is 0 Å². The fraction of sp³-hybridized carbons (Fsp3) is 0.364. The minimum Gasteiger partial charge on any atom is -0.496 e. The van der Waals surface area contributed by atoms with E-state index in [1.165, 1.54) is 0 Å². The summed E-state index contributed by atoms with van der Waals surface area (Å²) in [6.45, 7) is 3.83. The molecular weight excluding hydrogens is 180 g/mol. The van der Waals surface area contributed by atoms with Gasteiger partial charge in [0.05, 0.1) is 21.3 Å². The fourth-order valence-corrected chi connectivity index (χ4v) is 1.40. The molecule has 1 aromatic carbocycles. The molecule has 0 saturated carbocycles. The molecule has 0 aliphatic heterocycles. The molecule has 0 bridgehead atoms. The Kier molecular flexibility index (Phi) is 3.63. The molecule has 0 N–H and O–H groups in total. The Hall–Kier alpha value is -1.38. The highest BCUT2D eigenvalue weighted by Crippen LogP contribution is 2.37. The lowest BCUT2D eigenvalue weighted by molar-refractivity contribution is 0.344. The Morgan fingerprint density at radius 3 is 2.00 bits per heavy atom. The average Bonchev–Trinajstić information content (AvgIpc) is 2.26. The van der Waals surface area contributed by atoms with E-state index in [0.717, 1.165) is 11.3 Å². The maximum atomic E-state index is 5.26. The summed E-state index contributed by atoms with van der Waals surface area (Å²) in [5, 5.41) is 0. The zero-order chi connectivity index (χ0) is 10.6. The van der Waals surface area contributed by atoms with E-state index in [2.05, 4.69) is 6.92 Å². The molecule has 3 nitrogen and oxygen atoms in total. The van der Waals surface area contributed by atoms with E-state index in [1.54, 1.807) is 21.3 Å². The van der Waals surface area contributed by atoms with Gasteiger partial charge < -0.3 is 14.2 Å². The van der Waals surface area contributed by atoms with E-state index in [4.69, 9.17) is 14.2 Å². The SMILES string of the molecule is [CH2]Cc1c(OC)ccc(OC)c1OC. The van der Waals surface area contributed by atoms with E-state index in [9.17, 15) is 0 Å². The van der Waals surface area contributed by atoms with Crippen LogP contribution in [-0.4, -0.2) is 21.3 Å². The van der Waals surface area contributed by atoms with E-state index in [0.29, 0.717) is 17.9 Å². The Balaban J connectivity index is 3.28. The van der Waals surface area contributed by atoms with Gasteiger partial charge in [-0.1, -0.05) is 0 Å². The van der Waals surface area contributed by atoms with Crippen molar-refractivity contribution in [2.75, 3.05) is 21.3 Å². The van der Waals surface area contributed by atoms with E-state index < -0.39 is 0 Å². The highest BCUT2D eigenvalue weighted by Gasteiger charge is 2.13. The molecule has 0 atom stereocenters. The first-order chi connectivity index (χ1) is 6.78. The van der Waals surface area contributed by atoms with Gasteiger partial charge in [0.2, 0.25) is 0 Å². The van der Waals surface area contributed by atoms with E-state index in [-0.39, 0.29) is 0 Å². The Morgan fingerprint density at radius 1 is 1.00 bits per heavy atom. The molecule has 0 aliphatic rings. The van der Waals surface area contributed by atoms with Crippen LogP contribution in [0.3, 0.4) is 0 Å². The second-order valence-corrected chi connectivity index (χ2v) is 2.73. The lowest BCUT2D eigenvalue weighted by Crippen LogP contribution is -1.98. The summed E-state index contributed by atoms with van der Waals surface area (Å²) < 4.78 is 15.6. The summed E-state index contributed by atoms with van der Waals surface area (Å²) in [5.74, 6) is 2.17. The maximum Gasteiger partial charge on any atom is 0.167 e. The first-order valence-electron chi connectivity index (χ1n) is 4.35. The summed E-state index contributed by atoms with van der Waals surface area (Å²) >= 11 is 0. The second kappa shape index (κ2) is 4.74. The van der Waals surface area contributed by atoms with Crippen LogP contribution in [0.4, 0.5) is 0 Å². The molecule has 3 heteroatoms. The summed E-state index contributed by atoms with van der Waals surface area (Å²) in [7, 11) is 4.84. The van der Waals surface area contributed by atoms with E-state index >= 15 is 0 Å². The summed E-state index contributed by atoms with van der Waals surface area (Å²) in [5.41, 5.74) is 0.925. The van der Waals surface area contributed by atoms with Crippen molar-refractivity contribution >= 4 is 0 Å². The molecule has 0 aliphatic carbocycles. The van der Waals surface area contributed by atoms with Gasteiger partial charge in [0.25, 0.3) is 0 Å². The van der Waals surface area contributed by atoms with Crippen LogP contribution < -0.4 is 14.2 Å². The van der Waals surface area contributed by atoms with Gasteiger partial charge in [-0.15, -0.1) is 0 Å². The number of hydrogen-bond donors (Lipinski definition) is 0. The molecule has 77 valence electrons. The van der Waals surface area contributed by atoms with Crippen LogP contribution in [-0.2, 0) is 6.42 Å². The first-order valence-corrected chi connectivity index (χ1v) is 4.35.